The number of hydrogen-bond acceptors (Lipinski definition) is 2. The second-order valence-electron chi connectivity index (χ2n) is 4.49. The summed E-state index contributed by atoms with van der Waals surface area (Å²) in [7, 11) is 0. The van der Waals surface area contributed by atoms with Crippen molar-refractivity contribution in [2.24, 2.45) is 5.92 Å². The van der Waals surface area contributed by atoms with Crippen molar-refractivity contribution in [3.8, 4) is 0 Å². The Bertz CT molecular complexity index is 530. The summed E-state index contributed by atoms with van der Waals surface area (Å²) in [6.45, 7) is 1.72. The molecule has 1 saturated heterocycles. The number of carbonyl (C=O) groups excluding carboxylic acids is 2. The lowest BCUT2D eigenvalue weighted by atomic mass is 10.1. The van der Waals surface area contributed by atoms with Crippen LogP contribution in [-0.4, -0.2) is 11.8 Å². The molecule has 3 rings (SSSR count). The molecule has 2 aromatic rings. The van der Waals surface area contributed by atoms with Gasteiger partial charge in [-0.1, -0.05) is 55.5 Å². The van der Waals surface area contributed by atoms with Gasteiger partial charge in [-0.05, 0) is 10.8 Å². The molecule has 0 aromatic heterocycles. The maximum absolute atomic E-state index is 10.6. The SMILES string of the molecule is CC1CC(=O)NNC1=O.c1ccc2ccccc2c1. The van der Waals surface area contributed by atoms with Gasteiger partial charge >= 0.3 is 0 Å². The number of rotatable bonds is 0. The first kappa shape index (κ1) is 13.1. The average Bonchev–Trinajstić information content (AvgIpc) is 2.44. The maximum atomic E-state index is 10.6. The van der Waals surface area contributed by atoms with Crippen LogP contribution in [0.15, 0.2) is 48.5 Å². The summed E-state index contributed by atoms with van der Waals surface area (Å²) in [4.78, 5) is 21.1. The van der Waals surface area contributed by atoms with Gasteiger partial charge in [-0.2, -0.15) is 0 Å². The zero-order valence-electron chi connectivity index (χ0n) is 10.7. The van der Waals surface area contributed by atoms with Gasteiger partial charge in [0, 0.05) is 12.3 Å². The quantitative estimate of drug-likeness (QED) is 0.757. The fourth-order valence-electron chi connectivity index (χ4n) is 1.81. The minimum atomic E-state index is -0.182. The summed E-state index contributed by atoms with van der Waals surface area (Å²) >= 11 is 0. The van der Waals surface area contributed by atoms with E-state index in [2.05, 4.69) is 59.4 Å². The van der Waals surface area contributed by atoms with Crippen LogP contribution in [0, 0.1) is 5.92 Å². The summed E-state index contributed by atoms with van der Waals surface area (Å²) in [6.07, 6.45) is 0.297. The van der Waals surface area contributed by atoms with Crippen LogP contribution in [0.4, 0.5) is 0 Å². The number of benzene rings is 2. The Hall–Kier alpha value is -2.36. The van der Waals surface area contributed by atoms with Crippen molar-refractivity contribution in [2.45, 2.75) is 13.3 Å². The second kappa shape index (κ2) is 6.00. The second-order valence-corrected chi connectivity index (χ2v) is 4.49. The number of nitrogens with one attached hydrogen (secondary N) is 2. The van der Waals surface area contributed by atoms with Crippen LogP contribution in [0.1, 0.15) is 13.3 Å². The van der Waals surface area contributed by atoms with Crippen molar-refractivity contribution in [3.63, 3.8) is 0 Å². The Morgan fingerprint density at radius 1 is 0.895 bits per heavy atom. The first-order valence-electron chi connectivity index (χ1n) is 6.19. The van der Waals surface area contributed by atoms with Gasteiger partial charge in [-0.15, -0.1) is 0 Å². The van der Waals surface area contributed by atoms with Gasteiger partial charge < -0.3 is 0 Å². The molecule has 19 heavy (non-hydrogen) atoms. The zero-order valence-corrected chi connectivity index (χ0v) is 10.7. The normalized spacial score (nSPS) is 18.1. The van der Waals surface area contributed by atoms with Crippen LogP contribution < -0.4 is 10.9 Å². The van der Waals surface area contributed by atoms with Crippen molar-refractivity contribution < 1.29 is 9.59 Å². The summed E-state index contributed by atoms with van der Waals surface area (Å²) < 4.78 is 0. The van der Waals surface area contributed by atoms with Gasteiger partial charge in [0.2, 0.25) is 11.8 Å². The van der Waals surface area contributed by atoms with E-state index < -0.39 is 0 Å². The molecule has 2 amide bonds. The highest BCUT2D eigenvalue weighted by Crippen LogP contribution is 2.11. The summed E-state index contributed by atoms with van der Waals surface area (Å²) in [6, 6.07) is 16.7. The van der Waals surface area contributed by atoms with Gasteiger partial charge in [-0.3, -0.25) is 20.4 Å². The van der Waals surface area contributed by atoms with Gasteiger partial charge in [0.1, 0.15) is 0 Å². The molecule has 1 aliphatic heterocycles. The largest absolute Gasteiger partial charge is 0.273 e. The van der Waals surface area contributed by atoms with Crippen LogP contribution >= 0.6 is 0 Å². The topological polar surface area (TPSA) is 58.2 Å². The molecule has 1 heterocycles. The standard InChI is InChI=1S/C10H8.C5H8N2O2/c1-2-6-10-8-4-3-7-9(10)5-1;1-3-2-4(8)6-7-5(3)9/h1-8H;3H,2H2,1H3,(H,6,8)(H,7,9). The number of carbonyl (C=O) groups is 2. The monoisotopic (exact) mass is 256 g/mol. The highest BCUT2D eigenvalue weighted by Gasteiger charge is 2.21. The van der Waals surface area contributed by atoms with Gasteiger partial charge in [0.25, 0.3) is 0 Å². The Kier molecular flexibility index (Phi) is 4.13. The summed E-state index contributed by atoms with van der Waals surface area (Å²) in [5.74, 6) is -0.421. The Balaban J connectivity index is 0.000000141. The molecule has 0 saturated carbocycles. The summed E-state index contributed by atoms with van der Waals surface area (Å²) in [5.41, 5.74) is 4.47. The molecule has 1 unspecified atom stereocenters. The van der Waals surface area contributed by atoms with E-state index in [0.717, 1.165) is 0 Å². The van der Waals surface area contributed by atoms with Crippen molar-refractivity contribution in [3.05, 3.63) is 48.5 Å². The first-order valence-corrected chi connectivity index (χ1v) is 6.19. The van der Waals surface area contributed by atoms with E-state index in [9.17, 15) is 9.59 Å². The van der Waals surface area contributed by atoms with Gasteiger partial charge in [0.05, 0.1) is 0 Å². The van der Waals surface area contributed by atoms with Crippen LogP contribution in [0.5, 0.6) is 0 Å². The minimum Gasteiger partial charge on any atom is -0.273 e. The molecular weight excluding hydrogens is 240 g/mol. The van der Waals surface area contributed by atoms with E-state index in [0.29, 0.717) is 6.42 Å². The molecule has 0 aliphatic carbocycles. The lowest BCUT2D eigenvalue weighted by molar-refractivity contribution is -0.137. The molecule has 2 aromatic carbocycles. The first-order chi connectivity index (χ1) is 9.16. The minimum absolute atomic E-state index is 0.116. The van der Waals surface area contributed by atoms with Crippen LogP contribution in [0.2, 0.25) is 0 Å². The lowest BCUT2D eigenvalue weighted by Gasteiger charge is -2.17. The number of fused-ring (bicyclic) bond motifs is 1. The Morgan fingerprint density at radius 2 is 1.37 bits per heavy atom. The molecule has 0 radical (unpaired) electrons. The highest BCUT2D eigenvalue weighted by atomic mass is 16.2. The molecule has 4 heteroatoms. The number of hydrazine groups is 1. The van der Waals surface area contributed by atoms with Crippen molar-refractivity contribution in [2.75, 3.05) is 0 Å². The third-order valence-electron chi connectivity index (χ3n) is 2.92. The Morgan fingerprint density at radius 3 is 1.74 bits per heavy atom. The third kappa shape index (κ3) is 3.55. The maximum Gasteiger partial charge on any atom is 0.241 e. The molecule has 1 aliphatic rings. The van der Waals surface area contributed by atoms with E-state index in [1.54, 1.807) is 6.92 Å². The number of hydrogen-bond donors (Lipinski definition) is 2. The molecule has 4 nitrogen and oxygen atoms in total. The lowest BCUT2D eigenvalue weighted by Crippen LogP contribution is -2.50. The van der Waals surface area contributed by atoms with Gasteiger partial charge in [-0.25, -0.2) is 0 Å². The van der Waals surface area contributed by atoms with E-state index in [1.807, 2.05) is 0 Å². The molecule has 0 bridgehead atoms. The highest BCUT2D eigenvalue weighted by molar-refractivity contribution is 5.90. The third-order valence-corrected chi connectivity index (χ3v) is 2.92. The van der Waals surface area contributed by atoms with E-state index >= 15 is 0 Å². The van der Waals surface area contributed by atoms with E-state index in [4.69, 9.17) is 0 Å². The van der Waals surface area contributed by atoms with Crippen LogP contribution in [0.25, 0.3) is 10.8 Å². The summed E-state index contributed by atoms with van der Waals surface area (Å²) in [5, 5.41) is 2.62. The molecule has 2 N–H and O–H groups in total. The van der Waals surface area contributed by atoms with E-state index in [1.165, 1.54) is 10.8 Å². The number of amides is 2. The fraction of sp³-hybridized carbons (Fsp3) is 0.200. The molecule has 98 valence electrons. The van der Waals surface area contributed by atoms with Crippen molar-refractivity contribution in [1.82, 2.24) is 10.9 Å². The zero-order chi connectivity index (χ0) is 13.7. The average molecular weight is 256 g/mol. The molecule has 0 spiro atoms. The predicted octanol–water partition coefficient (Wildman–Crippen LogP) is 2.01. The van der Waals surface area contributed by atoms with Crippen LogP contribution in [-0.2, 0) is 9.59 Å². The molecule has 1 atom stereocenters. The molecule has 1 fully saturated rings. The van der Waals surface area contributed by atoms with E-state index in [-0.39, 0.29) is 17.7 Å². The fourth-order valence-corrected chi connectivity index (χ4v) is 1.81. The smallest absolute Gasteiger partial charge is 0.241 e. The van der Waals surface area contributed by atoms with Crippen molar-refractivity contribution in [1.29, 1.82) is 0 Å². The van der Waals surface area contributed by atoms with Crippen LogP contribution in [0.3, 0.4) is 0 Å². The van der Waals surface area contributed by atoms with Gasteiger partial charge in [0.15, 0.2) is 0 Å². The van der Waals surface area contributed by atoms with Crippen molar-refractivity contribution >= 4 is 22.6 Å². The Labute approximate surface area is 111 Å². The molecular formula is C15H16N2O2. The predicted molar refractivity (Wildman–Crippen MR) is 74.0 cm³/mol.